The van der Waals surface area contributed by atoms with Gasteiger partial charge in [-0.15, -0.1) is 0 Å². The van der Waals surface area contributed by atoms with Gasteiger partial charge in [0, 0.05) is 5.02 Å². The van der Waals surface area contributed by atoms with Crippen molar-refractivity contribution < 1.29 is 14.6 Å². The molecule has 5 heteroatoms. The number of ether oxygens (including phenoxy) is 1. The van der Waals surface area contributed by atoms with Gasteiger partial charge in [0.1, 0.15) is 0 Å². The molecule has 0 radical (unpaired) electrons. The molecule has 4 nitrogen and oxygen atoms in total. The van der Waals surface area contributed by atoms with Gasteiger partial charge in [0.2, 0.25) is 0 Å². The Balaban J connectivity index is 2.50. The molecule has 1 amide bonds. The van der Waals surface area contributed by atoms with Gasteiger partial charge in [-0.3, -0.25) is 0 Å². The van der Waals surface area contributed by atoms with Gasteiger partial charge in [-0.05, 0) is 17.7 Å². The highest BCUT2D eigenvalue weighted by Gasteiger charge is 2.08. The van der Waals surface area contributed by atoms with E-state index in [0.717, 1.165) is 0 Å². The van der Waals surface area contributed by atoms with Crippen LogP contribution in [0.15, 0.2) is 24.3 Å². The molecule has 0 fully saturated rings. The van der Waals surface area contributed by atoms with E-state index in [0.29, 0.717) is 10.6 Å². The maximum atomic E-state index is 10.7. The van der Waals surface area contributed by atoms with Crippen LogP contribution in [-0.2, 0) is 4.74 Å². The molecule has 0 spiro atoms. The molecule has 0 aliphatic carbocycles. The second-order valence-electron chi connectivity index (χ2n) is 2.94. The van der Waals surface area contributed by atoms with Crippen LogP contribution in [0, 0.1) is 0 Å². The number of alkyl carbamates (subject to hydrolysis) is 1. The zero-order chi connectivity index (χ0) is 11.3. The van der Waals surface area contributed by atoms with Gasteiger partial charge in [0.05, 0.1) is 19.8 Å². The third-order valence-electron chi connectivity index (χ3n) is 1.88. The molecule has 0 bridgehead atoms. The number of hydrogen-bond donors (Lipinski definition) is 2. The summed E-state index contributed by atoms with van der Waals surface area (Å²) in [6.07, 6.45) is -1.33. The second-order valence-corrected chi connectivity index (χ2v) is 3.38. The summed E-state index contributed by atoms with van der Waals surface area (Å²) in [5, 5.41) is 12.6. The molecule has 1 atom stereocenters. The van der Waals surface area contributed by atoms with Gasteiger partial charge >= 0.3 is 6.09 Å². The van der Waals surface area contributed by atoms with Gasteiger partial charge in [0.15, 0.2) is 0 Å². The molecule has 0 aliphatic rings. The highest BCUT2D eigenvalue weighted by atomic mass is 35.5. The number of benzene rings is 1. The van der Waals surface area contributed by atoms with E-state index in [-0.39, 0.29) is 6.54 Å². The van der Waals surface area contributed by atoms with Crippen molar-refractivity contribution in [3.05, 3.63) is 34.9 Å². The van der Waals surface area contributed by atoms with Crippen LogP contribution in [0.4, 0.5) is 4.79 Å². The zero-order valence-electron chi connectivity index (χ0n) is 8.24. The number of hydrogen-bond acceptors (Lipinski definition) is 3. The molecule has 0 heterocycles. The number of nitrogens with one attached hydrogen (secondary N) is 1. The average molecular weight is 230 g/mol. The molecule has 1 aromatic carbocycles. The lowest BCUT2D eigenvalue weighted by Crippen LogP contribution is -2.28. The molecule has 0 saturated heterocycles. The monoisotopic (exact) mass is 229 g/mol. The van der Waals surface area contributed by atoms with E-state index in [1.807, 2.05) is 0 Å². The van der Waals surface area contributed by atoms with E-state index in [2.05, 4.69) is 10.1 Å². The van der Waals surface area contributed by atoms with E-state index < -0.39 is 12.2 Å². The maximum Gasteiger partial charge on any atom is 0.406 e. The summed E-state index contributed by atoms with van der Waals surface area (Å²) in [5.74, 6) is 0. The molecule has 0 saturated carbocycles. The number of rotatable bonds is 3. The van der Waals surface area contributed by atoms with Crippen LogP contribution in [0.1, 0.15) is 11.7 Å². The number of aliphatic hydroxyl groups excluding tert-OH is 1. The second kappa shape index (κ2) is 5.58. The van der Waals surface area contributed by atoms with E-state index in [4.69, 9.17) is 11.6 Å². The summed E-state index contributed by atoms with van der Waals surface area (Å²) >= 11 is 5.69. The molecule has 1 aromatic rings. The number of carbonyl (C=O) groups excluding carboxylic acids is 1. The Morgan fingerprint density at radius 3 is 2.67 bits per heavy atom. The largest absolute Gasteiger partial charge is 0.453 e. The minimum Gasteiger partial charge on any atom is -0.453 e. The fourth-order valence-corrected chi connectivity index (χ4v) is 1.18. The summed E-state index contributed by atoms with van der Waals surface area (Å²) in [6.45, 7) is 0.105. The molecule has 82 valence electrons. The summed E-state index contributed by atoms with van der Waals surface area (Å²) in [4.78, 5) is 10.7. The van der Waals surface area contributed by atoms with E-state index >= 15 is 0 Å². The van der Waals surface area contributed by atoms with E-state index in [9.17, 15) is 9.90 Å². The van der Waals surface area contributed by atoms with Crippen molar-refractivity contribution in [1.29, 1.82) is 0 Å². The lowest BCUT2D eigenvalue weighted by molar-refractivity contribution is 0.147. The molecule has 1 rings (SSSR count). The fourth-order valence-electron chi connectivity index (χ4n) is 1.05. The van der Waals surface area contributed by atoms with Gasteiger partial charge in [-0.2, -0.15) is 0 Å². The molecule has 1 unspecified atom stereocenters. The quantitative estimate of drug-likeness (QED) is 0.830. The first-order valence-corrected chi connectivity index (χ1v) is 4.76. The van der Waals surface area contributed by atoms with E-state index in [1.165, 1.54) is 7.11 Å². The molecule has 0 aromatic heterocycles. The highest BCUT2D eigenvalue weighted by Crippen LogP contribution is 2.15. The molecular weight excluding hydrogens is 218 g/mol. The summed E-state index contributed by atoms with van der Waals surface area (Å²) in [6, 6.07) is 6.76. The van der Waals surface area contributed by atoms with Crippen LogP contribution in [0.25, 0.3) is 0 Å². The van der Waals surface area contributed by atoms with Crippen molar-refractivity contribution >= 4 is 17.7 Å². The summed E-state index contributed by atoms with van der Waals surface area (Å²) < 4.78 is 4.37. The number of halogens is 1. The van der Waals surface area contributed by atoms with Gasteiger partial charge in [-0.1, -0.05) is 23.7 Å². The van der Waals surface area contributed by atoms with Crippen molar-refractivity contribution in [3.8, 4) is 0 Å². The average Bonchev–Trinajstić information content (AvgIpc) is 2.26. The lowest BCUT2D eigenvalue weighted by Gasteiger charge is -2.11. The van der Waals surface area contributed by atoms with Gasteiger partial charge in [-0.25, -0.2) is 4.79 Å². The third kappa shape index (κ3) is 3.77. The minimum atomic E-state index is -0.763. The molecule has 15 heavy (non-hydrogen) atoms. The Morgan fingerprint density at radius 1 is 1.53 bits per heavy atom. The number of amides is 1. The lowest BCUT2D eigenvalue weighted by atomic mass is 10.1. The van der Waals surface area contributed by atoms with Crippen molar-refractivity contribution in [2.75, 3.05) is 13.7 Å². The standard InChI is InChI=1S/C10H12ClNO3/c1-15-10(14)12-6-9(13)7-2-4-8(11)5-3-7/h2-5,9,13H,6H2,1H3,(H,12,14). The molecular formula is C10H12ClNO3. The third-order valence-corrected chi connectivity index (χ3v) is 2.13. The first-order valence-electron chi connectivity index (χ1n) is 4.39. The van der Waals surface area contributed by atoms with Crippen LogP contribution in [0.5, 0.6) is 0 Å². The van der Waals surface area contributed by atoms with Crippen LogP contribution in [-0.4, -0.2) is 24.9 Å². The maximum absolute atomic E-state index is 10.7. The van der Waals surface area contributed by atoms with Crippen molar-refractivity contribution in [1.82, 2.24) is 5.32 Å². The normalized spacial score (nSPS) is 11.9. The SMILES string of the molecule is COC(=O)NCC(O)c1ccc(Cl)cc1. The summed E-state index contributed by atoms with van der Waals surface area (Å²) in [5.41, 5.74) is 0.691. The number of aliphatic hydroxyl groups is 1. The zero-order valence-corrected chi connectivity index (χ0v) is 8.99. The van der Waals surface area contributed by atoms with Crippen molar-refractivity contribution in [3.63, 3.8) is 0 Å². The first-order chi connectivity index (χ1) is 7.13. The van der Waals surface area contributed by atoms with Crippen LogP contribution >= 0.6 is 11.6 Å². The predicted molar refractivity (Wildman–Crippen MR) is 56.8 cm³/mol. The van der Waals surface area contributed by atoms with Crippen LogP contribution < -0.4 is 5.32 Å². The minimum absolute atomic E-state index is 0.105. The Labute approximate surface area is 92.8 Å². The predicted octanol–water partition coefficient (Wildman–Crippen LogP) is 1.73. The van der Waals surface area contributed by atoms with Gasteiger partial charge < -0.3 is 15.2 Å². The Morgan fingerprint density at radius 2 is 2.13 bits per heavy atom. The van der Waals surface area contributed by atoms with Crippen LogP contribution in [0.3, 0.4) is 0 Å². The molecule has 2 N–H and O–H groups in total. The van der Waals surface area contributed by atoms with Crippen molar-refractivity contribution in [2.45, 2.75) is 6.10 Å². The highest BCUT2D eigenvalue weighted by molar-refractivity contribution is 6.30. The Hall–Kier alpha value is -1.26. The fraction of sp³-hybridized carbons (Fsp3) is 0.300. The number of methoxy groups -OCH3 is 1. The smallest absolute Gasteiger partial charge is 0.406 e. The van der Waals surface area contributed by atoms with Crippen molar-refractivity contribution in [2.24, 2.45) is 0 Å². The Kier molecular flexibility index (Phi) is 4.39. The van der Waals surface area contributed by atoms with Gasteiger partial charge in [0.25, 0.3) is 0 Å². The number of carbonyl (C=O) groups is 1. The summed E-state index contributed by atoms with van der Waals surface area (Å²) in [7, 11) is 1.27. The Bertz CT molecular complexity index is 326. The molecule has 0 aliphatic heterocycles. The van der Waals surface area contributed by atoms with E-state index in [1.54, 1.807) is 24.3 Å². The topological polar surface area (TPSA) is 58.6 Å². The first kappa shape index (κ1) is 11.8. The van der Waals surface area contributed by atoms with Crippen LogP contribution in [0.2, 0.25) is 5.02 Å².